The highest BCUT2D eigenvalue weighted by molar-refractivity contribution is 5.17. The fraction of sp³-hybridized carbons (Fsp3) is 0.917. The predicted molar refractivity (Wildman–Crippen MR) is 58.4 cm³/mol. The highest BCUT2D eigenvalue weighted by Gasteiger charge is 2.49. The largest absolute Gasteiger partial charge is 0.381 e. The minimum absolute atomic E-state index is 0.189. The van der Waals surface area contributed by atoms with Crippen molar-refractivity contribution < 1.29 is 4.74 Å². The van der Waals surface area contributed by atoms with Crippen LogP contribution in [0, 0.1) is 11.3 Å². The lowest BCUT2D eigenvalue weighted by atomic mass is 9.73. The van der Waals surface area contributed by atoms with Crippen molar-refractivity contribution in [2.24, 2.45) is 0 Å². The summed E-state index contributed by atoms with van der Waals surface area (Å²) in [6, 6.07) is 2.52. The predicted octanol–water partition coefficient (Wildman–Crippen LogP) is 1.93. The Bertz CT molecular complexity index is 245. The molecule has 2 aliphatic rings. The first-order chi connectivity index (χ1) is 7.30. The molecule has 1 saturated heterocycles. The van der Waals surface area contributed by atoms with Crippen LogP contribution < -0.4 is 0 Å². The molecular weight excluding hydrogens is 188 g/mol. The lowest BCUT2D eigenvalue weighted by Gasteiger charge is -2.48. The molecule has 1 aliphatic heterocycles. The van der Waals surface area contributed by atoms with Crippen molar-refractivity contribution in [1.29, 1.82) is 5.26 Å². The van der Waals surface area contributed by atoms with E-state index < -0.39 is 0 Å². The third-order valence-electron chi connectivity index (χ3n) is 3.88. The molecule has 2 rings (SSSR count). The first-order valence-electron chi connectivity index (χ1n) is 6.00. The fourth-order valence-electron chi connectivity index (χ4n) is 2.78. The number of hydrogen-bond donors (Lipinski definition) is 0. The highest BCUT2D eigenvalue weighted by Crippen LogP contribution is 2.40. The fourth-order valence-corrected chi connectivity index (χ4v) is 2.78. The number of rotatable bonds is 2. The summed E-state index contributed by atoms with van der Waals surface area (Å²) in [6.07, 6.45) is 7.27. The molecule has 1 aliphatic carbocycles. The molecule has 0 bridgehead atoms. The number of nitrogens with zero attached hydrogens (tertiary/aromatic N) is 2. The Morgan fingerprint density at radius 3 is 2.27 bits per heavy atom. The van der Waals surface area contributed by atoms with Gasteiger partial charge in [0.1, 0.15) is 5.54 Å². The summed E-state index contributed by atoms with van der Waals surface area (Å²) in [6.45, 7) is 2.20. The minimum Gasteiger partial charge on any atom is -0.381 e. The number of likely N-dealkylation sites (tertiary alicyclic amines) is 1. The SMILES string of the molecule is COC1CC(C#N)(N2CCCCCC2)C1. The van der Waals surface area contributed by atoms with E-state index in [9.17, 15) is 5.26 Å². The van der Waals surface area contributed by atoms with Crippen molar-refractivity contribution in [2.75, 3.05) is 20.2 Å². The van der Waals surface area contributed by atoms with Crippen LogP contribution in [-0.2, 0) is 4.74 Å². The molecule has 0 amide bonds. The van der Waals surface area contributed by atoms with Crippen LogP contribution in [0.3, 0.4) is 0 Å². The quantitative estimate of drug-likeness (QED) is 0.695. The van der Waals surface area contributed by atoms with Crippen LogP contribution >= 0.6 is 0 Å². The Balaban J connectivity index is 1.98. The molecule has 0 atom stereocenters. The Morgan fingerprint density at radius 2 is 1.80 bits per heavy atom. The molecule has 0 radical (unpaired) electrons. The van der Waals surface area contributed by atoms with E-state index in [4.69, 9.17) is 4.74 Å². The van der Waals surface area contributed by atoms with Gasteiger partial charge in [0.25, 0.3) is 0 Å². The molecule has 0 aromatic rings. The summed E-state index contributed by atoms with van der Waals surface area (Å²) in [5, 5.41) is 9.35. The van der Waals surface area contributed by atoms with E-state index in [0.717, 1.165) is 25.9 Å². The van der Waals surface area contributed by atoms with Crippen LogP contribution in [0.4, 0.5) is 0 Å². The van der Waals surface area contributed by atoms with E-state index in [1.165, 1.54) is 25.7 Å². The first-order valence-corrected chi connectivity index (χ1v) is 6.00. The maximum atomic E-state index is 9.35. The second-order valence-electron chi connectivity index (χ2n) is 4.81. The topological polar surface area (TPSA) is 36.3 Å². The van der Waals surface area contributed by atoms with Crippen molar-refractivity contribution >= 4 is 0 Å². The van der Waals surface area contributed by atoms with Crippen molar-refractivity contribution in [3.63, 3.8) is 0 Å². The van der Waals surface area contributed by atoms with Crippen LogP contribution in [0.1, 0.15) is 38.5 Å². The van der Waals surface area contributed by atoms with Gasteiger partial charge in [0.05, 0.1) is 12.2 Å². The Morgan fingerprint density at radius 1 is 1.20 bits per heavy atom. The summed E-state index contributed by atoms with van der Waals surface area (Å²) < 4.78 is 5.29. The number of methoxy groups -OCH3 is 1. The van der Waals surface area contributed by atoms with Crippen molar-refractivity contribution in [3.8, 4) is 6.07 Å². The average Bonchev–Trinajstić information content (AvgIpc) is 2.47. The van der Waals surface area contributed by atoms with Gasteiger partial charge >= 0.3 is 0 Å². The van der Waals surface area contributed by atoms with Crippen LogP contribution in [0.25, 0.3) is 0 Å². The molecule has 0 N–H and O–H groups in total. The van der Waals surface area contributed by atoms with Gasteiger partial charge in [0, 0.05) is 20.0 Å². The van der Waals surface area contributed by atoms with E-state index in [0.29, 0.717) is 6.10 Å². The Labute approximate surface area is 92.0 Å². The number of nitriles is 1. The molecule has 1 heterocycles. The highest BCUT2D eigenvalue weighted by atomic mass is 16.5. The first kappa shape index (κ1) is 10.9. The van der Waals surface area contributed by atoms with Gasteiger partial charge in [-0.2, -0.15) is 5.26 Å². The summed E-state index contributed by atoms with van der Waals surface area (Å²) in [7, 11) is 1.74. The van der Waals surface area contributed by atoms with E-state index in [-0.39, 0.29) is 5.54 Å². The van der Waals surface area contributed by atoms with Crippen molar-refractivity contribution in [1.82, 2.24) is 4.90 Å². The summed E-state index contributed by atoms with van der Waals surface area (Å²) in [5.74, 6) is 0. The monoisotopic (exact) mass is 208 g/mol. The lowest BCUT2D eigenvalue weighted by molar-refractivity contribution is -0.0616. The van der Waals surface area contributed by atoms with Gasteiger partial charge in [-0.1, -0.05) is 12.8 Å². The van der Waals surface area contributed by atoms with Gasteiger partial charge in [-0.3, -0.25) is 4.90 Å². The second-order valence-corrected chi connectivity index (χ2v) is 4.81. The summed E-state index contributed by atoms with van der Waals surface area (Å²) in [4.78, 5) is 2.40. The molecule has 2 fully saturated rings. The van der Waals surface area contributed by atoms with Crippen LogP contribution in [0.5, 0.6) is 0 Å². The van der Waals surface area contributed by atoms with Gasteiger partial charge in [-0.15, -0.1) is 0 Å². The maximum absolute atomic E-state index is 9.35. The molecule has 1 saturated carbocycles. The number of hydrogen-bond acceptors (Lipinski definition) is 3. The molecule has 3 nitrogen and oxygen atoms in total. The standard InChI is InChI=1S/C12H20N2O/c1-15-11-8-12(9-11,10-13)14-6-4-2-3-5-7-14/h11H,2-9H2,1H3. The molecule has 15 heavy (non-hydrogen) atoms. The lowest BCUT2D eigenvalue weighted by Crippen LogP contribution is -2.59. The van der Waals surface area contributed by atoms with Crippen LogP contribution in [-0.4, -0.2) is 36.7 Å². The van der Waals surface area contributed by atoms with Gasteiger partial charge in [-0.05, 0) is 25.9 Å². The molecule has 0 unspecified atom stereocenters. The summed E-state index contributed by atoms with van der Waals surface area (Å²) >= 11 is 0. The normalized spacial score (nSPS) is 37.7. The van der Waals surface area contributed by atoms with Gasteiger partial charge in [0.15, 0.2) is 0 Å². The summed E-state index contributed by atoms with van der Waals surface area (Å²) in [5.41, 5.74) is -0.189. The molecule has 0 aromatic carbocycles. The maximum Gasteiger partial charge on any atom is 0.114 e. The van der Waals surface area contributed by atoms with Gasteiger partial charge in [0.2, 0.25) is 0 Å². The number of ether oxygens (including phenoxy) is 1. The smallest absolute Gasteiger partial charge is 0.114 e. The molecular formula is C12H20N2O. The zero-order chi connectivity index (χ0) is 10.7. The van der Waals surface area contributed by atoms with E-state index in [2.05, 4.69) is 11.0 Å². The zero-order valence-corrected chi connectivity index (χ0v) is 9.54. The van der Waals surface area contributed by atoms with E-state index in [1.54, 1.807) is 7.11 Å². The Hall–Kier alpha value is -0.590. The zero-order valence-electron chi connectivity index (χ0n) is 9.54. The van der Waals surface area contributed by atoms with E-state index >= 15 is 0 Å². The Kier molecular flexibility index (Phi) is 3.28. The van der Waals surface area contributed by atoms with Crippen molar-refractivity contribution in [3.05, 3.63) is 0 Å². The minimum atomic E-state index is -0.189. The molecule has 0 aromatic heterocycles. The van der Waals surface area contributed by atoms with Gasteiger partial charge < -0.3 is 4.74 Å². The van der Waals surface area contributed by atoms with Crippen LogP contribution in [0.15, 0.2) is 0 Å². The second kappa shape index (κ2) is 4.51. The van der Waals surface area contributed by atoms with Crippen LogP contribution in [0.2, 0.25) is 0 Å². The molecule has 3 heteroatoms. The molecule has 84 valence electrons. The average molecular weight is 208 g/mol. The molecule has 0 spiro atoms. The third-order valence-corrected chi connectivity index (χ3v) is 3.88. The third kappa shape index (κ3) is 2.02. The van der Waals surface area contributed by atoms with E-state index in [1.807, 2.05) is 0 Å². The van der Waals surface area contributed by atoms with Crippen molar-refractivity contribution in [2.45, 2.75) is 50.2 Å². The van der Waals surface area contributed by atoms with Gasteiger partial charge in [-0.25, -0.2) is 0 Å².